The molecule has 2 N–H and O–H groups in total. The number of hydrogen-bond acceptors (Lipinski definition) is 5. The van der Waals surface area contributed by atoms with Gasteiger partial charge in [-0.2, -0.15) is 0 Å². The quantitative estimate of drug-likeness (QED) is 0.593. The molecule has 0 saturated carbocycles. The number of nitrogens with two attached hydrogens (primary N) is 1. The van der Waals surface area contributed by atoms with E-state index >= 15 is 0 Å². The van der Waals surface area contributed by atoms with Crippen molar-refractivity contribution in [3.05, 3.63) is 65.9 Å². The Kier molecular flexibility index (Phi) is 3.76. The fourth-order valence-electron chi connectivity index (χ4n) is 2.83. The minimum atomic E-state index is -0.746. The van der Waals surface area contributed by atoms with Crippen molar-refractivity contribution in [2.24, 2.45) is 0 Å². The lowest BCUT2D eigenvalue weighted by Gasteiger charge is -2.10. The summed E-state index contributed by atoms with van der Waals surface area (Å²) < 4.78 is 27.6. The monoisotopic (exact) mass is 349 g/mol. The maximum Gasteiger partial charge on any atom is 0.240 e. The van der Waals surface area contributed by atoms with Gasteiger partial charge in [0.2, 0.25) is 5.95 Å². The predicted molar refractivity (Wildman–Crippen MR) is 95.1 cm³/mol. The van der Waals surface area contributed by atoms with Crippen molar-refractivity contribution < 1.29 is 8.78 Å². The molecule has 0 atom stereocenters. The second-order valence-electron chi connectivity index (χ2n) is 5.85. The minimum Gasteiger partial charge on any atom is -0.366 e. The van der Waals surface area contributed by atoms with Crippen LogP contribution >= 0.6 is 0 Å². The van der Waals surface area contributed by atoms with Crippen molar-refractivity contribution >= 4 is 16.9 Å². The van der Waals surface area contributed by atoms with E-state index in [0.717, 1.165) is 28.6 Å². The molecule has 7 heteroatoms. The maximum atomic E-state index is 14.3. The van der Waals surface area contributed by atoms with Gasteiger partial charge in [0, 0.05) is 28.8 Å². The predicted octanol–water partition coefficient (Wildman–Crippen LogP) is 3.92. The lowest BCUT2D eigenvalue weighted by atomic mass is 10.0. The molecule has 5 nitrogen and oxygen atoms in total. The number of aromatic nitrogens is 4. The number of anilines is 1. The molecule has 2 aromatic heterocycles. The molecular weight excluding hydrogens is 336 g/mol. The van der Waals surface area contributed by atoms with Crippen molar-refractivity contribution in [3.8, 4) is 22.5 Å². The van der Waals surface area contributed by atoms with E-state index in [4.69, 9.17) is 5.73 Å². The molecule has 0 radical (unpaired) electrons. The van der Waals surface area contributed by atoms with Gasteiger partial charge in [-0.15, -0.1) is 10.2 Å². The second kappa shape index (κ2) is 6.11. The van der Waals surface area contributed by atoms with E-state index in [0.29, 0.717) is 11.3 Å². The van der Waals surface area contributed by atoms with E-state index in [1.807, 2.05) is 31.2 Å². The van der Waals surface area contributed by atoms with E-state index < -0.39 is 11.6 Å². The van der Waals surface area contributed by atoms with Crippen molar-refractivity contribution in [1.29, 1.82) is 0 Å². The van der Waals surface area contributed by atoms with Gasteiger partial charge in [0.1, 0.15) is 23.0 Å². The highest BCUT2D eigenvalue weighted by Gasteiger charge is 2.17. The first-order valence-corrected chi connectivity index (χ1v) is 7.84. The molecule has 128 valence electrons. The minimum absolute atomic E-state index is 0.0916. The van der Waals surface area contributed by atoms with Gasteiger partial charge < -0.3 is 5.73 Å². The van der Waals surface area contributed by atoms with Crippen LogP contribution in [-0.2, 0) is 0 Å². The van der Waals surface area contributed by atoms with Crippen molar-refractivity contribution in [1.82, 2.24) is 20.2 Å². The zero-order valence-electron chi connectivity index (χ0n) is 13.7. The Hall–Kier alpha value is -3.48. The van der Waals surface area contributed by atoms with Crippen LogP contribution in [0.15, 0.2) is 48.7 Å². The van der Waals surface area contributed by atoms with Crippen LogP contribution in [0.2, 0.25) is 0 Å². The third-order valence-corrected chi connectivity index (χ3v) is 4.12. The van der Waals surface area contributed by atoms with Crippen molar-refractivity contribution in [3.63, 3.8) is 0 Å². The van der Waals surface area contributed by atoms with E-state index in [1.165, 1.54) is 6.07 Å². The largest absolute Gasteiger partial charge is 0.366 e. The molecule has 0 aliphatic carbocycles. The van der Waals surface area contributed by atoms with Gasteiger partial charge in [-0.25, -0.2) is 13.8 Å². The highest BCUT2D eigenvalue weighted by Crippen LogP contribution is 2.32. The van der Waals surface area contributed by atoms with Gasteiger partial charge in [-0.3, -0.25) is 4.98 Å². The average Bonchev–Trinajstić information content (AvgIpc) is 2.62. The normalized spacial score (nSPS) is 11.0. The fraction of sp³-hybridized carbons (Fsp3) is 0.0526. The summed E-state index contributed by atoms with van der Waals surface area (Å²) >= 11 is 0. The van der Waals surface area contributed by atoms with Gasteiger partial charge in [0.15, 0.2) is 0 Å². The zero-order chi connectivity index (χ0) is 18.3. The smallest absolute Gasteiger partial charge is 0.240 e. The molecule has 0 amide bonds. The maximum absolute atomic E-state index is 14.3. The van der Waals surface area contributed by atoms with Crippen LogP contribution in [0.4, 0.5) is 14.7 Å². The molecule has 0 spiro atoms. The van der Waals surface area contributed by atoms with Gasteiger partial charge >= 0.3 is 0 Å². The number of pyridine rings is 1. The number of rotatable bonds is 2. The molecule has 0 aliphatic heterocycles. The highest BCUT2D eigenvalue weighted by atomic mass is 19.1. The number of hydrogen-bond donors (Lipinski definition) is 1. The SMILES string of the molecule is Cc1ccnc2ccc(-c3nnc(N)nc3-c3ccc(F)cc3F)cc12. The van der Waals surface area contributed by atoms with E-state index in [1.54, 1.807) is 6.20 Å². The van der Waals surface area contributed by atoms with Crippen LogP contribution in [0, 0.1) is 18.6 Å². The summed E-state index contributed by atoms with van der Waals surface area (Å²) in [4.78, 5) is 8.46. The Morgan fingerprint density at radius 2 is 1.77 bits per heavy atom. The molecule has 2 heterocycles. The van der Waals surface area contributed by atoms with Crippen LogP contribution in [0.1, 0.15) is 5.56 Å². The molecule has 0 saturated heterocycles. The van der Waals surface area contributed by atoms with Crippen LogP contribution in [0.25, 0.3) is 33.4 Å². The highest BCUT2D eigenvalue weighted by molar-refractivity contribution is 5.89. The zero-order valence-corrected chi connectivity index (χ0v) is 13.7. The summed E-state index contributed by atoms with van der Waals surface area (Å²) in [5.74, 6) is -1.51. The van der Waals surface area contributed by atoms with E-state index in [-0.39, 0.29) is 17.2 Å². The first kappa shape index (κ1) is 16.0. The van der Waals surface area contributed by atoms with Crippen LogP contribution in [0.5, 0.6) is 0 Å². The topological polar surface area (TPSA) is 77.6 Å². The Morgan fingerprint density at radius 1 is 0.923 bits per heavy atom. The van der Waals surface area contributed by atoms with Gasteiger partial charge in [0.25, 0.3) is 0 Å². The molecule has 4 aromatic rings. The summed E-state index contributed by atoms with van der Waals surface area (Å²) in [6.45, 7) is 1.97. The molecule has 0 unspecified atom stereocenters. The van der Waals surface area contributed by atoms with Crippen LogP contribution in [-0.4, -0.2) is 20.2 Å². The van der Waals surface area contributed by atoms with Crippen molar-refractivity contribution in [2.45, 2.75) is 6.92 Å². The fourth-order valence-corrected chi connectivity index (χ4v) is 2.83. The molecule has 0 bridgehead atoms. The van der Waals surface area contributed by atoms with Gasteiger partial charge in [-0.1, -0.05) is 6.07 Å². The Morgan fingerprint density at radius 3 is 2.58 bits per heavy atom. The summed E-state index contributed by atoms with van der Waals surface area (Å²) in [5, 5.41) is 8.84. The Labute approximate surface area is 147 Å². The van der Waals surface area contributed by atoms with Gasteiger partial charge in [-0.05, 0) is 42.8 Å². The third-order valence-electron chi connectivity index (χ3n) is 4.12. The Bertz CT molecular complexity index is 1140. The summed E-state index contributed by atoms with van der Waals surface area (Å²) in [6.07, 6.45) is 1.74. The summed E-state index contributed by atoms with van der Waals surface area (Å²) in [5.41, 5.74) is 8.87. The summed E-state index contributed by atoms with van der Waals surface area (Å²) in [6, 6.07) is 10.7. The second-order valence-corrected chi connectivity index (χ2v) is 5.85. The number of nitrogens with zero attached hydrogens (tertiary/aromatic N) is 4. The molecule has 0 aliphatic rings. The van der Waals surface area contributed by atoms with Gasteiger partial charge in [0.05, 0.1) is 5.52 Å². The molecule has 2 aromatic carbocycles. The van der Waals surface area contributed by atoms with Crippen molar-refractivity contribution in [2.75, 3.05) is 5.73 Å². The molecule has 0 fully saturated rings. The van der Waals surface area contributed by atoms with E-state index in [2.05, 4.69) is 20.2 Å². The number of aryl methyl sites for hydroxylation is 1. The average molecular weight is 349 g/mol. The number of halogens is 2. The Balaban J connectivity index is 1.97. The number of benzene rings is 2. The first-order valence-electron chi connectivity index (χ1n) is 7.84. The van der Waals surface area contributed by atoms with E-state index in [9.17, 15) is 8.78 Å². The number of fused-ring (bicyclic) bond motifs is 1. The molecule has 4 rings (SSSR count). The summed E-state index contributed by atoms with van der Waals surface area (Å²) in [7, 11) is 0. The third kappa shape index (κ3) is 2.73. The van der Waals surface area contributed by atoms with Crippen LogP contribution in [0.3, 0.4) is 0 Å². The first-order chi connectivity index (χ1) is 12.5. The lowest BCUT2D eigenvalue weighted by Crippen LogP contribution is -2.03. The lowest BCUT2D eigenvalue weighted by molar-refractivity contribution is 0.585. The molecular formula is C19H13F2N5. The number of nitrogen functional groups attached to an aromatic ring is 1. The standard InChI is InChI=1S/C19H13F2N5/c1-10-6-7-23-16-5-2-11(8-14(10)16)17-18(24-19(22)26-25-17)13-4-3-12(20)9-15(13)21/h2-9H,1H3,(H2,22,24,26). The molecule has 26 heavy (non-hydrogen) atoms. The van der Waals surface area contributed by atoms with Crippen LogP contribution < -0.4 is 5.73 Å².